The zero-order chi connectivity index (χ0) is 21.4. The number of primary sulfonamides is 1. The summed E-state index contributed by atoms with van der Waals surface area (Å²) in [6.45, 7) is 2.93. The molecule has 0 aliphatic carbocycles. The number of hydrogen-bond donors (Lipinski definition) is 2. The number of nitrogens with two attached hydrogens (primary N) is 1. The van der Waals surface area contributed by atoms with Crippen molar-refractivity contribution in [1.82, 2.24) is 15.0 Å². The van der Waals surface area contributed by atoms with Gasteiger partial charge in [0.15, 0.2) is 0 Å². The Morgan fingerprint density at radius 1 is 1.14 bits per heavy atom. The number of nitrogens with zero attached hydrogens (tertiary/aromatic N) is 3. The highest BCUT2D eigenvalue weighted by Gasteiger charge is 2.36. The van der Waals surface area contributed by atoms with Gasteiger partial charge in [0.1, 0.15) is 15.4 Å². The molecule has 0 fully saturated rings. The Kier molecular flexibility index (Phi) is 5.36. The second-order valence-corrected chi connectivity index (χ2v) is 9.70. The molecule has 0 spiro atoms. The van der Waals surface area contributed by atoms with E-state index in [9.17, 15) is 21.6 Å². The minimum Gasteiger partial charge on any atom is -0.324 e. The molecule has 1 aromatic carbocycles. The highest BCUT2D eigenvalue weighted by molar-refractivity contribution is 7.90. The fourth-order valence-electron chi connectivity index (χ4n) is 2.26. The molecule has 0 atom stereocenters. The summed E-state index contributed by atoms with van der Waals surface area (Å²) in [5, 5.41) is 8.34. The zero-order valence-electron chi connectivity index (χ0n) is 15.2. The summed E-state index contributed by atoms with van der Waals surface area (Å²) in [6, 6.07) is 7.55. The number of halogens is 3. The maximum atomic E-state index is 12.8. The summed E-state index contributed by atoms with van der Waals surface area (Å²) in [4.78, 5) is 12.1. The van der Waals surface area contributed by atoms with Crippen molar-refractivity contribution in [3.8, 4) is 10.4 Å². The van der Waals surface area contributed by atoms with Crippen molar-refractivity contribution in [3.05, 3.63) is 53.4 Å². The van der Waals surface area contributed by atoms with Crippen molar-refractivity contribution in [2.24, 2.45) is 5.14 Å². The average Bonchev–Trinajstić information content (AvgIpc) is 3.11. The number of aromatic nitrogens is 3. The van der Waals surface area contributed by atoms with E-state index in [4.69, 9.17) is 5.14 Å². The Morgan fingerprint density at radius 3 is 2.52 bits per heavy atom. The van der Waals surface area contributed by atoms with Crippen molar-refractivity contribution in [2.75, 3.05) is 5.32 Å². The Labute approximate surface area is 168 Å². The zero-order valence-corrected chi connectivity index (χ0v) is 16.9. The van der Waals surface area contributed by atoms with Crippen LogP contribution in [0.4, 0.5) is 24.8 Å². The lowest BCUT2D eigenvalue weighted by Gasteiger charge is -2.18. The van der Waals surface area contributed by atoms with Crippen LogP contribution in [0.25, 0.3) is 10.4 Å². The van der Waals surface area contributed by atoms with Crippen LogP contribution >= 0.6 is 11.3 Å². The van der Waals surface area contributed by atoms with Crippen molar-refractivity contribution >= 4 is 33.0 Å². The van der Waals surface area contributed by atoms with E-state index in [0.717, 1.165) is 23.6 Å². The van der Waals surface area contributed by atoms with Crippen LogP contribution in [0.2, 0.25) is 0 Å². The van der Waals surface area contributed by atoms with Crippen LogP contribution in [0.3, 0.4) is 0 Å². The van der Waals surface area contributed by atoms with Crippen LogP contribution in [0.5, 0.6) is 0 Å². The van der Waals surface area contributed by atoms with Crippen molar-refractivity contribution < 1.29 is 21.6 Å². The maximum absolute atomic E-state index is 12.8. The van der Waals surface area contributed by atoms with Gasteiger partial charge in [0, 0.05) is 18.1 Å². The third-order valence-corrected chi connectivity index (χ3v) is 7.20. The molecule has 154 valence electrons. The van der Waals surface area contributed by atoms with Gasteiger partial charge < -0.3 is 5.32 Å². The maximum Gasteiger partial charge on any atom is 0.433 e. The normalized spacial score (nSPS) is 12.8. The van der Waals surface area contributed by atoms with E-state index < -0.39 is 26.6 Å². The van der Waals surface area contributed by atoms with Gasteiger partial charge >= 0.3 is 6.18 Å². The number of rotatable bonds is 5. The lowest BCUT2D eigenvalue weighted by Crippen LogP contribution is -2.35. The van der Waals surface area contributed by atoms with Gasteiger partial charge in [-0.05, 0) is 37.6 Å². The number of hydrogen-bond acceptors (Lipinski definition) is 7. The molecule has 0 radical (unpaired) electrons. The molecule has 2 heterocycles. The monoisotopic (exact) mass is 443 g/mol. The van der Waals surface area contributed by atoms with Gasteiger partial charge in [0.05, 0.1) is 4.88 Å². The largest absolute Gasteiger partial charge is 0.433 e. The Balaban J connectivity index is 1.88. The first kappa shape index (κ1) is 21.1. The van der Waals surface area contributed by atoms with Gasteiger partial charge in [0.2, 0.25) is 16.0 Å². The number of alkyl halides is 3. The van der Waals surface area contributed by atoms with Crippen LogP contribution in [-0.2, 0) is 20.9 Å². The fraction of sp³-hybridized carbons (Fsp3) is 0.235. The molecule has 0 aliphatic heterocycles. The van der Waals surface area contributed by atoms with E-state index in [1.54, 1.807) is 24.3 Å². The first-order valence-corrected chi connectivity index (χ1v) is 10.5. The topological polar surface area (TPSA) is 111 Å². The smallest absolute Gasteiger partial charge is 0.324 e. The molecular formula is C17H16F3N5O2S2. The second-order valence-electron chi connectivity index (χ2n) is 6.55. The van der Waals surface area contributed by atoms with Crippen LogP contribution in [0.1, 0.15) is 24.5 Å². The van der Waals surface area contributed by atoms with Gasteiger partial charge in [-0.15, -0.1) is 11.3 Å². The first-order valence-electron chi connectivity index (χ1n) is 8.14. The molecule has 3 N–H and O–H groups in total. The summed E-state index contributed by atoms with van der Waals surface area (Å²) in [6.07, 6.45) is -2.03. The summed E-state index contributed by atoms with van der Waals surface area (Å²) >= 11 is 1.16. The molecule has 3 rings (SSSR count). The van der Waals surface area contributed by atoms with Crippen LogP contribution in [0.15, 0.2) is 42.7 Å². The number of anilines is 2. The van der Waals surface area contributed by atoms with Crippen molar-refractivity contribution in [2.45, 2.75) is 24.8 Å². The molecule has 0 aliphatic rings. The van der Waals surface area contributed by atoms with Crippen LogP contribution in [-0.4, -0.2) is 23.4 Å². The average molecular weight is 443 g/mol. The second kappa shape index (κ2) is 7.35. The van der Waals surface area contributed by atoms with E-state index >= 15 is 0 Å². The quantitative estimate of drug-likeness (QED) is 0.619. The number of nitrogens with one attached hydrogen (secondary N) is 1. The van der Waals surface area contributed by atoms with Gasteiger partial charge in [-0.25, -0.2) is 28.5 Å². The third kappa shape index (κ3) is 4.54. The Bertz CT molecular complexity index is 1140. The predicted octanol–water partition coefficient (Wildman–Crippen LogP) is 3.89. The van der Waals surface area contributed by atoms with Gasteiger partial charge in [0.25, 0.3) is 0 Å². The summed E-state index contributed by atoms with van der Waals surface area (Å²) in [5.41, 5.74) is 0.0990. The number of benzene rings is 1. The molecule has 0 amide bonds. The van der Waals surface area contributed by atoms with E-state index in [0.29, 0.717) is 21.1 Å². The van der Waals surface area contributed by atoms with Gasteiger partial charge in [-0.1, -0.05) is 12.1 Å². The van der Waals surface area contributed by atoms with E-state index in [-0.39, 0.29) is 5.95 Å². The molecule has 0 saturated heterocycles. The number of sulfonamides is 1. The lowest BCUT2D eigenvalue weighted by atomic mass is 10.2. The van der Waals surface area contributed by atoms with Crippen LogP contribution in [0, 0.1) is 0 Å². The Hall–Kier alpha value is -2.57. The molecule has 0 bridgehead atoms. The molecule has 29 heavy (non-hydrogen) atoms. The van der Waals surface area contributed by atoms with E-state index in [1.807, 2.05) is 0 Å². The Morgan fingerprint density at radius 2 is 1.86 bits per heavy atom. The highest BCUT2D eigenvalue weighted by Crippen LogP contribution is 2.36. The predicted molar refractivity (Wildman–Crippen MR) is 104 cm³/mol. The van der Waals surface area contributed by atoms with Crippen molar-refractivity contribution in [3.63, 3.8) is 0 Å². The molecular weight excluding hydrogens is 427 g/mol. The standard InChI is InChI=1S/C17H16F3N5O2S2/c1-16(2,29(21,26)27)14-23-9-12(28-14)10-4-3-5-11(8-10)24-15-22-7-6-13(25-15)17(18,19)20/h3-9H,1-2H3,(H2,21,26,27)(H,22,24,25). The fourth-order valence-corrected chi connectivity index (χ4v) is 3.94. The summed E-state index contributed by atoms with van der Waals surface area (Å²) in [7, 11) is -3.86. The molecule has 0 saturated carbocycles. The SMILES string of the molecule is CC(C)(c1ncc(-c2cccc(Nc3nccc(C(F)(F)F)n3)c2)s1)S(N)(=O)=O. The van der Waals surface area contributed by atoms with Crippen LogP contribution < -0.4 is 10.5 Å². The minimum atomic E-state index is -4.57. The summed E-state index contributed by atoms with van der Waals surface area (Å²) in [5.74, 6) is -0.197. The van der Waals surface area contributed by atoms with E-state index in [1.165, 1.54) is 20.0 Å². The molecule has 0 unspecified atom stereocenters. The van der Waals surface area contributed by atoms with Gasteiger partial charge in [-0.2, -0.15) is 13.2 Å². The first-order chi connectivity index (χ1) is 13.4. The highest BCUT2D eigenvalue weighted by atomic mass is 32.2. The van der Waals surface area contributed by atoms with Gasteiger partial charge in [-0.3, -0.25) is 0 Å². The third-order valence-electron chi connectivity index (χ3n) is 4.08. The molecule has 12 heteroatoms. The molecule has 3 aromatic rings. The minimum absolute atomic E-state index is 0.197. The summed E-state index contributed by atoms with van der Waals surface area (Å²) < 4.78 is 60.6. The lowest BCUT2D eigenvalue weighted by molar-refractivity contribution is -0.141. The van der Waals surface area contributed by atoms with Crippen molar-refractivity contribution in [1.29, 1.82) is 0 Å². The molecule has 2 aromatic heterocycles. The molecule has 7 nitrogen and oxygen atoms in total. The number of thiazole rings is 1. The van der Waals surface area contributed by atoms with E-state index in [2.05, 4.69) is 20.3 Å².